The smallest absolute Gasteiger partial charge is 0.255 e. The van der Waals surface area contributed by atoms with Gasteiger partial charge < -0.3 is 9.88 Å². The third kappa shape index (κ3) is 4.83. The molecule has 0 saturated carbocycles. The Morgan fingerprint density at radius 1 is 1.14 bits per heavy atom. The fourth-order valence-electron chi connectivity index (χ4n) is 3.03. The maximum absolute atomic E-state index is 12.5. The first kappa shape index (κ1) is 20.6. The van der Waals surface area contributed by atoms with Gasteiger partial charge in [0.25, 0.3) is 5.91 Å². The van der Waals surface area contributed by atoms with E-state index in [0.717, 1.165) is 23.9 Å². The highest BCUT2D eigenvalue weighted by Gasteiger charge is 2.14. The Morgan fingerprint density at radius 3 is 2.59 bits per heavy atom. The summed E-state index contributed by atoms with van der Waals surface area (Å²) in [5.41, 5.74) is 2.14. The van der Waals surface area contributed by atoms with E-state index < -0.39 is 10.0 Å². The molecule has 1 amide bonds. The fraction of sp³-hybridized carbons (Fsp3) is 0.238. The standard InChI is InChI=1S/C21H22N4O3S/c1-2-13-25-14-10-17-15-18(6-9-20(17)25)24-21(26)16-4-7-19(8-5-16)29(27,28)23-12-3-11-22/h4-10,14-15,23H,2-3,12-13H2,1H3,(H,24,26). The van der Waals surface area contributed by atoms with E-state index in [-0.39, 0.29) is 23.8 Å². The number of amides is 1. The van der Waals surface area contributed by atoms with Gasteiger partial charge in [0.05, 0.1) is 11.0 Å². The zero-order valence-electron chi connectivity index (χ0n) is 16.1. The Balaban J connectivity index is 1.71. The molecule has 0 aliphatic carbocycles. The summed E-state index contributed by atoms with van der Waals surface area (Å²) in [6.07, 6.45) is 3.16. The Labute approximate surface area is 170 Å². The van der Waals surface area contributed by atoms with Gasteiger partial charge in [-0.3, -0.25) is 4.79 Å². The highest BCUT2D eigenvalue weighted by Crippen LogP contribution is 2.21. The van der Waals surface area contributed by atoms with Crippen LogP contribution >= 0.6 is 0 Å². The van der Waals surface area contributed by atoms with Gasteiger partial charge in [0.2, 0.25) is 10.0 Å². The molecule has 0 spiro atoms. The molecule has 2 aromatic carbocycles. The van der Waals surface area contributed by atoms with Crippen LogP contribution in [0.2, 0.25) is 0 Å². The van der Waals surface area contributed by atoms with Crippen LogP contribution in [0.4, 0.5) is 5.69 Å². The molecular weight excluding hydrogens is 388 g/mol. The van der Waals surface area contributed by atoms with Gasteiger partial charge in [-0.25, -0.2) is 13.1 Å². The van der Waals surface area contributed by atoms with Crippen LogP contribution in [0.1, 0.15) is 30.1 Å². The first-order valence-electron chi connectivity index (χ1n) is 9.31. The number of rotatable bonds is 8. The van der Waals surface area contributed by atoms with E-state index >= 15 is 0 Å². The zero-order valence-corrected chi connectivity index (χ0v) is 16.9. The van der Waals surface area contributed by atoms with Crippen molar-refractivity contribution in [1.82, 2.24) is 9.29 Å². The van der Waals surface area contributed by atoms with Gasteiger partial charge in [0, 0.05) is 47.9 Å². The van der Waals surface area contributed by atoms with E-state index in [2.05, 4.69) is 21.5 Å². The average Bonchev–Trinajstić information content (AvgIpc) is 3.10. The first-order chi connectivity index (χ1) is 13.9. The van der Waals surface area contributed by atoms with Gasteiger partial charge >= 0.3 is 0 Å². The number of carbonyl (C=O) groups excluding carboxylic acids is 1. The third-order valence-corrected chi connectivity index (χ3v) is 5.93. The number of aromatic nitrogens is 1. The number of fused-ring (bicyclic) bond motifs is 1. The minimum absolute atomic E-state index is 0.0452. The molecular formula is C21H22N4O3S. The Hall–Kier alpha value is -3.15. The van der Waals surface area contributed by atoms with Gasteiger partial charge in [0.1, 0.15) is 0 Å². The van der Waals surface area contributed by atoms with Crippen LogP contribution in [-0.4, -0.2) is 25.4 Å². The SMILES string of the molecule is CCCn1ccc2cc(NC(=O)c3ccc(S(=O)(=O)NCCC#N)cc3)ccc21. The molecule has 1 aromatic heterocycles. The molecule has 0 bridgehead atoms. The van der Waals surface area contributed by atoms with E-state index in [1.54, 1.807) is 0 Å². The number of benzene rings is 2. The van der Waals surface area contributed by atoms with E-state index in [1.165, 1.54) is 24.3 Å². The lowest BCUT2D eigenvalue weighted by Gasteiger charge is -2.08. The van der Waals surface area contributed by atoms with Crippen LogP contribution in [0.3, 0.4) is 0 Å². The van der Waals surface area contributed by atoms with Crippen molar-refractivity contribution >= 4 is 32.5 Å². The lowest BCUT2D eigenvalue weighted by molar-refractivity contribution is 0.102. The van der Waals surface area contributed by atoms with Crippen LogP contribution in [0.15, 0.2) is 59.6 Å². The summed E-state index contributed by atoms with van der Waals surface area (Å²) in [7, 11) is -3.70. The van der Waals surface area contributed by atoms with Gasteiger partial charge in [-0.05, 0) is 55.0 Å². The van der Waals surface area contributed by atoms with Crippen LogP contribution < -0.4 is 10.0 Å². The first-order valence-corrected chi connectivity index (χ1v) is 10.8. The minimum Gasteiger partial charge on any atom is -0.347 e. The molecule has 0 saturated heterocycles. The van der Waals surface area contributed by atoms with Crippen LogP contribution in [0.5, 0.6) is 0 Å². The number of anilines is 1. The molecule has 7 nitrogen and oxygen atoms in total. The summed E-state index contributed by atoms with van der Waals surface area (Å²) in [6.45, 7) is 3.11. The highest BCUT2D eigenvalue weighted by atomic mass is 32.2. The van der Waals surface area contributed by atoms with Crippen molar-refractivity contribution in [3.05, 3.63) is 60.3 Å². The van der Waals surface area contributed by atoms with Crippen molar-refractivity contribution in [3.63, 3.8) is 0 Å². The molecule has 0 atom stereocenters. The van der Waals surface area contributed by atoms with Crippen molar-refractivity contribution in [3.8, 4) is 6.07 Å². The number of hydrogen-bond donors (Lipinski definition) is 2. The summed E-state index contributed by atoms with van der Waals surface area (Å²) < 4.78 is 28.8. The molecule has 0 aliphatic heterocycles. The Bertz CT molecular complexity index is 1160. The molecule has 3 rings (SSSR count). The van der Waals surface area contributed by atoms with Gasteiger partial charge in [-0.2, -0.15) is 5.26 Å². The van der Waals surface area contributed by atoms with Crippen molar-refractivity contribution in [2.75, 3.05) is 11.9 Å². The normalized spacial score (nSPS) is 11.3. The molecule has 0 unspecified atom stereocenters. The second-order valence-electron chi connectivity index (χ2n) is 6.57. The monoisotopic (exact) mass is 410 g/mol. The minimum atomic E-state index is -3.70. The highest BCUT2D eigenvalue weighted by molar-refractivity contribution is 7.89. The van der Waals surface area contributed by atoms with Gasteiger partial charge in [-0.15, -0.1) is 0 Å². The molecule has 2 N–H and O–H groups in total. The lowest BCUT2D eigenvalue weighted by Crippen LogP contribution is -2.24. The summed E-state index contributed by atoms with van der Waals surface area (Å²) in [5.74, 6) is -0.321. The molecule has 150 valence electrons. The number of sulfonamides is 1. The Morgan fingerprint density at radius 2 is 1.90 bits per heavy atom. The predicted octanol–water partition coefficient (Wildman–Crippen LogP) is 3.50. The lowest BCUT2D eigenvalue weighted by atomic mass is 10.2. The van der Waals surface area contributed by atoms with Crippen LogP contribution in [0, 0.1) is 11.3 Å². The number of aryl methyl sites for hydroxylation is 1. The van der Waals surface area contributed by atoms with Crippen molar-refractivity contribution in [1.29, 1.82) is 5.26 Å². The number of carbonyl (C=O) groups is 1. The van der Waals surface area contributed by atoms with E-state index in [4.69, 9.17) is 5.26 Å². The summed E-state index contributed by atoms with van der Waals surface area (Å²) in [6, 6.07) is 15.3. The van der Waals surface area contributed by atoms with Crippen LogP contribution in [-0.2, 0) is 16.6 Å². The van der Waals surface area contributed by atoms with Gasteiger partial charge in [-0.1, -0.05) is 6.92 Å². The predicted molar refractivity (Wildman–Crippen MR) is 112 cm³/mol. The number of hydrogen-bond acceptors (Lipinski definition) is 4. The summed E-state index contributed by atoms with van der Waals surface area (Å²) in [4.78, 5) is 12.6. The second kappa shape index (κ2) is 8.90. The van der Waals surface area contributed by atoms with E-state index in [0.29, 0.717) is 11.3 Å². The molecule has 29 heavy (non-hydrogen) atoms. The molecule has 0 fully saturated rings. The Kier molecular flexibility index (Phi) is 6.32. The quantitative estimate of drug-likeness (QED) is 0.555. The van der Waals surface area contributed by atoms with E-state index in [1.807, 2.05) is 36.5 Å². The van der Waals surface area contributed by atoms with Crippen LogP contribution in [0.25, 0.3) is 10.9 Å². The van der Waals surface area contributed by atoms with E-state index in [9.17, 15) is 13.2 Å². The summed E-state index contributed by atoms with van der Waals surface area (Å²) >= 11 is 0. The third-order valence-electron chi connectivity index (χ3n) is 4.45. The molecule has 1 heterocycles. The van der Waals surface area contributed by atoms with Crippen molar-refractivity contribution in [2.45, 2.75) is 31.2 Å². The second-order valence-corrected chi connectivity index (χ2v) is 8.33. The number of nitriles is 1. The fourth-order valence-corrected chi connectivity index (χ4v) is 4.06. The maximum Gasteiger partial charge on any atom is 0.255 e. The van der Waals surface area contributed by atoms with Gasteiger partial charge in [0.15, 0.2) is 0 Å². The van der Waals surface area contributed by atoms with Crippen molar-refractivity contribution in [2.24, 2.45) is 0 Å². The number of nitrogens with zero attached hydrogens (tertiary/aromatic N) is 2. The average molecular weight is 410 g/mol. The maximum atomic E-state index is 12.5. The summed E-state index contributed by atoms with van der Waals surface area (Å²) in [5, 5.41) is 12.4. The largest absolute Gasteiger partial charge is 0.347 e. The topological polar surface area (TPSA) is 104 Å². The molecule has 0 radical (unpaired) electrons. The zero-order chi connectivity index (χ0) is 20.9. The number of nitrogens with one attached hydrogen (secondary N) is 2. The molecule has 0 aliphatic rings. The molecule has 8 heteroatoms. The van der Waals surface area contributed by atoms with Crippen molar-refractivity contribution < 1.29 is 13.2 Å². The molecule has 3 aromatic rings.